The Morgan fingerprint density at radius 2 is 2.11 bits per heavy atom. The zero-order chi connectivity index (χ0) is 13.1. The van der Waals surface area contributed by atoms with Gasteiger partial charge in [0.1, 0.15) is 0 Å². The highest BCUT2D eigenvalue weighted by atomic mass is 16.3. The molecule has 1 amide bonds. The molecule has 0 aliphatic carbocycles. The highest BCUT2D eigenvalue weighted by Gasteiger charge is 2.30. The van der Waals surface area contributed by atoms with Gasteiger partial charge in [-0.05, 0) is 25.5 Å². The Bertz CT molecular complexity index is 408. The van der Waals surface area contributed by atoms with E-state index >= 15 is 0 Å². The number of likely N-dealkylation sites (tertiary alicyclic amines) is 1. The van der Waals surface area contributed by atoms with Crippen LogP contribution in [0.3, 0.4) is 0 Å². The van der Waals surface area contributed by atoms with E-state index in [9.17, 15) is 9.90 Å². The summed E-state index contributed by atoms with van der Waals surface area (Å²) in [6.45, 7) is 3.28. The fraction of sp³-hybridized carbons (Fsp3) is 0.500. The van der Waals surface area contributed by atoms with Crippen molar-refractivity contribution in [3.63, 3.8) is 0 Å². The number of nitrogens with zero attached hydrogens (tertiary/aromatic N) is 2. The number of rotatable bonds is 3. The van der Waals surface area contributed by atoms with Crippen LogP contribution in [0.2, 0.25) is 0 Å². The van der Waals surface area contributed by atoms with Crippen molar-refractivity contribution in [3.8, 4) is 0 Å². The highest BCUT2D eigenvalue weighted by Crippen LogP contribution is 2.17. The van der Waals surface area contributed by atoms with E-state index in [0.717, 1.165) is 18.7 Å². The Morgan fingerprint density at radius 1 is 1.44 bits per heavy atom. The van der Waals surface area contributed by atoms with E-state index in [4.69, 9.17) is 0 Å². The fourth-order valence-corrected chi connectivity index (χ4v) is 2.34. The zero-order valence-electron chi connectivity index (χ0n) is 10.9. The Balaban J connectivity index is 2.02. The van der Waals surface area contributed by atoms with Gasteiger partial charge in [-0.1, -0.05) is 18.2 Å². The molecule has 2 atom stereocenters. The SMILES string of the molecule is CC(C(=O)N(C)c1ccccc1)N1CC[C@H](O)C1. The topological polar surface area (TPSA) is 43.8 Å². The number of carbonyl (C=O) groups excluding carboxylic acids is 1. The van der Waals surface area contributed by atoms with Gasteiger partial charge in [0.2, 0.25) is 5.91 Å². The van der Waals surface area contributed by atoms with E-state index in [0.29, 0.717) is 6.54 Å². The Hall–Kier alpha value is -1.39. The Kier molecular flexibility index (Phi) is 3.99. The molecular formula is C14H20N2O2. The van der Waals surface area contributed by atoms with Gasteiger partial charge in [0, 0.05) is 25.8 Å². The number of anilines is 1. The molecule has 0 aromatic heterocycles. The van der Waals surface area contributed by atoms with Crippen molar-refractivity contribution < 1.29 is 9.90 Å². The molecule has 1 N–H and O–H groups in total. The van der Waals surface area contributed by atoms with Crippen molar-refractivity contribution in [1.82, 2.24) is 4.90 Å². The quantitative estimate of drug-likeness (QED) is 0.871. The third-order valence-corrected chi connectivity index (χ3v) is 3.57. The van der Waals surface area contributed by atoms with E-state index in [1.807, 2.05) is 42.2 Å². The lowest BCUT2D eigenvalue weighted by molar-refractivity contribution is -0.122. The van der Waals surface area contributed by atoms with E-state index in [2.05, 4.69) is 0 Å². The molecule has 1 aromatic carbocycles. The first-order chi connectivity index (χ1) is 8.59. The summed E-state index contributed by atoms with van der Waals surface area (Å²) in [6.07, 6.45) is 0.467. The van der Waals surface area contributed by atoms with Gasteiger partial charge in [-0.3, -0.25) is 9.69 Å². The smallest absolute Gasteiger partial charge is 0.243 e. The van der Waals surface area contributed by atoms with Crippen molar-refractivity contribution in [2.45, 2.75) is 25.5 Å². The number of β-amino-alcohol motifs (C(OH)–C–C–N with tert-alkyl or cyclic N) is 1. The van der Waals surface area contributed by atoms with Gasteiger partial charge in [0.05, 0.1) is 12.1 Å². The molecule has 18 heavy (non-hydrogen) atoms. The molecule has 4 heteroatoms. The van der Waals surface area contributed by atoms with E-state index in [-0.39, 0.29) is 18.1 Å². The molecule has 0 radical (unpaired) electrons. The predicted octanol–water partition coefficient (Wildman–Crippen LogP) is 1.10. The molecule has 4 nitrogen and oxygen atoms in total. The number of aliphatic hydroxyl groups excluding tert-OH is 1. The Morgan fingerprint density at radius 3 is 2.67 bits per heavy atom. The minimum absolute atomic E-state index is 0.0651. The first kappa shape index (κ1) is 13.1. The number of para-hydroxylation sites is 1. The number of carbonyl (C=O) groups is 1. The number of likely N-dealkylation sites (N-methyl/N-ethyl adjacent to an activating group) is 1. The second-order valence-electron chi connectivity index (χ2n) is 4.85. The standard InChI is InChI=1S/C14H20N2O2/c1-11(16-9-8-13(17)10-16)14(18)15(2)12-6-4-3-5-7-12/h3-7,11,13,17H,8-10H2,1-2H3/t11?,13-/m0/s1. The van der Waals surface area contributed by atoms with Crippen molar-refractivity contribution in [2.75, 3.05) is 25.0 Å². The van der Waals surface area contributed by atoms with Gasteiger partial charge in [-0.2, -0.15) is 0 Å². The molecule has 0 spiro atoms. The first-order valence-corrected chi connectivity index (χ1v) is 6.34. The third-order valence-electron chi connectivity index (χ3n) is 3.57. The van der Waals surface area contributed by atoms with Gasteiger partial charge < -0.3 is 10.0 Å². The van der Waals surface area contributed by atoms with Crippen molar-refractivity contribution in [1.29, 1.82) is 0 Å². The summed E-state index contributed by atoms with van der Waals surface area (Å²) in [4.78, 5) is 16.0. The van der Waals surface area contributed by atoms with Gasteiger partial charge in [0.25, 0.3) is 0 Å². The molecule has 1 aliphatic heterocycles. The van der Waals surface area contributed by atoms with Gasteiger partial charge in [-0.25, -0.2) is 0 Å². The predicted molar refractivity (Wildman–Crippen MR) is 71.5 cm³/mol. The molecule has 1 aliphatic rings. The molecule has 2 rings (SSSR count). The van der Waals surface area contributed by atoms with Crippen molar-refractivity contribution >= 4 is 11.6 Å². The van der Waals surface area contributed by atoms with Crippen molar-refractivity contribution in [3.05, 3.63) is 30.3 Å². The van der Waals surface area contributed by atoms with Gasteiger partial charge >= 0.3 is 0 Å². The maximum Gasteiger partial charge on any atom is 0.243 e. The van der Waals surface area contributed by atoms with E-state index in [1.165, 1.54) is 0 Å². The maximum absolute atomic E-state index is 12.3. The largest absolute Gasteiger partial charge is 0.392 e. The summed E-state index contributed by atoms with van der Waals surface area (Å²) >= 11 is 0. The summed E-state index contributed by atoms with van der Waals surface area (Å²) in [5.41, 5.74) is 0.897. The summed E-state index contributed by atoms with van der Waals surface area (Å²) in [5.74, 6) is 0.0651. The zero-order valence-corrected chi connectivity index (χ0v) is 10.9. The maximum atomic E-state index is 12.3. The third kappa shape index (κ3) is 2.71. The summed E-state index contributed by atoms with van der Waals surface area (Å²) < 4.78 is 0. The van der Waals surface area contributed by atoms with Crippen LogP contribution < -0.4 is 4.90 Å². The van der Waals surface area contributed by atoms with Crippen LogP contribution in [0.1, 0.15) is 13.3 Å². The summed E-state index contributed by atoms with van der Waals surface area (Å²) in [5, 5.41) is 9.52. The molecule has 1 fully saturated rings. The Labute approximate surface area is 108 Å². The average molecular weight is 248 g/mol. The minimum Gasteiger partial charge on any atom is -0.392 e. The molecule has 98 valence electrons. The second kappa shape index (κ2) is 5.50. The number of amides is 1. The van der Waals surface area contributed by atoms with Crippen LogP contribution in [0.15, 0.2) is 30.3 Å². The molecule has 1 unspecified atom stereocenters. The molecule has 0 bridgehead atoms. The highest BCUT2D eigenvalue weighted by molar-refractivity contribution is 5.96. The molecular weight excluding hydrogens is 228 g/mol. The minimum atomic E-state index is -0.290. The first-order valence-electron chi connectivity index (χ1n) is 6.34. The number of benzene rings is 1. The van der Waals surface area contributed by atoms with Crippen LogP contribution in [0.5, 0.6) is 0 Å². The average Bonchev–Trinajstić information content (AvgIpc) is 2.84. The van der Waals surface area contributed by atoms with Gasteiger partial charge in [-0.15, -0.1) is 0 Å². The second-order valence-corrected chi connectivity index (χ2v) is 4.85. The van der Waals surface area contributed by atoms with Crippen LogP contribution in [-0.4, -0.2) is 48.2 Å². The molecule has 1 aromatic rings. The lowest BCUT2D eigenvalue weighted by atomic mass is 10.2. The lowest BCUT2D eigenvalue weighted by Crippen LogP contribution is -2.45. The van der Waals surface area contributed by atoms with E-state index < -0.39 is 0 Å². The molecule has 0 saturated carbocycles. The van der Waals surface area contributed by atoms with Crippen LogP contribution in [0, 0.1) is 0 Å². The number of hydrogen-bond donors (Lipinski definition) is 1. The van der Waals surface area contributed by atoms with Crippen LogP contribution >= 0.6 is 0 Å². The normalized spacial score (nSPS) is 21.8. The molecule has 1 saturated heterocycles. The van der Waals surface area contributed by atoms with Gasteiger partial charge in [0.15, 0.2) is 0 Å². The fourth-order valence-electron chi connectivity index (χ4n) is 2.34. The lowest BCUT2D eigenvalue weighted by Gasteiger charge is -2.27. The van der Waals surface area contributed by atoms with E-state index in [1.54, 1.807) is 11.9 Å². The summed E-state index contributed by atoms with van der Waals surface area (Å²) in [6, 6.07) is 9.43. The number of hydrogen-bond acceptors (Lipinski definition) is 3. The van der Waals surface area contributed by atoms with Crippen LogP contribution in [0.4, 0.5) is 5.69 Å². The van der Waals surface area contributed by atoms with Crippen LogP contribution in [0.25, 0.3) is 0 Å². The summed E-state index contributed by atoms with van der Waals surface area (Å²) in [7, 11) is 1.79. The molecule has 1 heterocycles. The van der Waals surface area contributed by atoms with Crippen molar-refractivity contribution in [2.24, 2.45) is 0 Å². The monoisotopic (exact) mass is 248 g/mol. The van der Waals surface area contributed by atoms with Crippen LogP contribution in [-0.2, 0) is 4.79 Å². The number of aliphatic hydroxyl groups is 1.